The number of rotatable bonds is 12. The third-order valence-electron chi connectivity index (χ3n) is 5.94. The van der Waals surface area contributed by atoms with Crippen LogP contribution >= 0.6 is 11.3 Å². The number of aromatic nitrogens is 2. The summed E-state index contributed by atoms with van der Waals surface area (Å²) in [6.07, 6.45) is 10.1. The van der Waals surface area contributed by atoms with Crippen LogP contribution in [-0.2, 0) is 4.79 Å². The van der Waals surface area contributed by atoms with Gasteiger partial charge in [0.1, 0.15) is 17.4 Å². The van der Waals surface area contributed by atoms with Crippen molar-refractivity contribution in [2.75, 3.05) is 17.2 Å². The van der Waals surface area contributed by atoms with Crippen LogP contribution in [0, 0.1) is 0 Å². The molecule has 8 heteroatoms. The minimum Gasteiger partial charge on any atom is -0.494 e. The highest BCUT2D eigenvalue weighted by molar-refractivity contribution is 7.17. The van der Waals surface area contributed by atoms with Crippen molar-refractivity contribution in [1.29, 1.82) is 0 Å². The lowest BCUT2D eigenvalue weighted by Crippen LogP contribution is -2.23. The number of benzene rings is 1. The Morgan fingerprint density at radius 3 is 2.67 bits per heavy atom. The number of carboxylic acids is 1. The fraction of sp³-hybridized carbons (Fsp3) is 0.480. The van der Waals surface area contributed by atoms with Crippen LogP contribution in [0.1, 0.15) is 64.2 Å². The number of pyridine rings is 1. The molecule has 0 amide bonds. The Bertz CT molecular complexity index is 1030. The number of hydrogen-bond donors (Lipinski definition) is 3. The summed E-state index contributed by atoms with van der Waals surface area (Å²) in [5.41, 5.74) is 3.78. The first-order valence-electron chi connectivity index (χ1n) is 11.9. The number of unbranched alkanes of at least 4 members (excludes halogenated alkanes) is 3. The number of fused-ring (bicyclic) bond motifs is 1. The number of carbonyl (C=O) groups is 1. The quantitative estimate of drug-likeness (QED) is 0.258. The zero-order valence-corrected chi connectivity index (χ0v) is 19.7. The molecule has 2 heterocycles. The van der Waals surface area contributed by atoms with Crippen LogP contribution in [0.3, 0.4) is 0 Å². The molecule has 3 N–H and O–H groups in total. The molecule has 0 aliphatic heterocycles. The van der Waals surface area contributed by atoms with Crippen molar-refractivity contribution in [3.8, 4) is 5.75 Å². The maximum atomic E-state index is 10.5. The van der Waals surface area contributed by atoms with Gasteiger partial charge in [-0.05, 0) is 49.9 Å². The van der Waals surface area contributed by atoms with Gasteiger partial charge in [-0.2, -0.15) is 0 Å². The lowest BCUT2D eigenvalue weighted by atomic mass is 9.95. The molecule has 1 saturated carbocycles. The van der Waals surface area contributed by atoms with Crippen LogP contribution in [0.25, 0.3) is 10.2 Å². The highest BCUT2D eigenvalue weighted by Crippen LogP contribution is 2.31. The molecule has 0 saturated heterocycles. The number of anilines is 3. The molecule has 2 aromatic heterocycles. The lowest BCUT2D eigenvalue weighted by molar-refractivity contribution is -0.137. The first-order valence-corrected chi connectivity index (χ1v) is 12.8. The molecule has 1 aromatic carbocycles. The van der Waals surface area contributed by atoms with E-state index >= 15 is 0 Å². The molecule has 3 aromatic rings. The van der Waals surface area contributed by atoms with E-state index in [0.29, 0.717) is 12.6 Å². The standard InChI is InChI=1S/C25H32N4O3S/c30-23(31)10-6-1-2-7-15-32-20-13-11-19(12-14-20)27-22-16-21-24(33-17-26-21)25(29-22)28-18-8-4-3-5-9-18/h11-14,16-18H,1-10,15H2,(H,30,31)(H2,27,28,29). The van der Waals surface area contributed by atoms with Gasteiger partial charge in [0.05, 0.1) is 22.3 Å². The SMILES string of the molecule is O=C(O)CCCCCCOc1ccc(Nc2cc3ncsc3c(NC3CCCCC3)n2)cc1. The smallest absolute Gasteiger partial charge is 0.303 e. The number of nitrogens with one attached hydrogen (secondary N) is 2. The Hall–Kier alpha value is -2.87. The first kappa shape index (κ1) is 23.3. The van der Waals surface area contributed by atoms with Gasteiger partial charge in [-0.3, -0.25) is 4.79 Å². The molecule has 1 aliphatic rings. The molecule has 7 nitrogen and oxygen atoms in total. The van der Waals surface area contributed by atoms with Crippen LogP contribution in [0.15, 0.2) is 35.8 Å². The second-order valence-electron chi connectivity index (χ2n) is 8.59. The first-order chi connectivity index (χ1) is 16.2. The van der Waals surface area contributed by atoms with E-state index in [4.69, 9.17) is 14.8 Å². The number of aliphatic carboxylic acids is 1. The third-order valence-corrected chi connectivity index (χ3v) is 6.79. The van der Waals surface area contributed by atoms with Gasteiger partial charge in [0, 0.05) is 24.2 Å². The minimum absolute atomic E-state index is 0.248. The Morgan fingerprint density at radius 1 is 1.09 bits per heavy atom. The number of ether oxygens (including phenoxy) is 1. The van der Waals surface area contributed by atoms with Crippen molar-refractivity contribution in [3.05, 3.63) is 35.8 Å². The third kappa shape index (κ3) is 7.05. The Labute approximate surface area is 198 Å². The maximum Gasteiger partial charge on any atom is 0.303 e. The van der Waals surface area contributed by atoms with Crippen molar-refractivity contribution in [3.63, 3.8) is 0 Å². The molecule has 0 unspecified atom stereocenters. The van der Waals surface area contributed by atoms with Crippen molar-refractivity contribution < 1.29 is 14.6 Å². The van der Waals surface area contributed by atoms with E-state index in [-0.39, 0.29) is 6.42 Å². The summed E-state index contributed by atoms with van der Waals surface area (Å²) in [6.45, 7) is 0.637. The Kier molecular flexibility index (Phi) is 8.35. The molecule has 1 aliphatic carbocycles. The van der Waals surface area contributed by atoms with Crippen molar-refractivity contribution in [1.82, 2.24) is 9.97 Å². The Morgan fingerprint density at radius 2 is 1.88 bits per heavy atom. The monoisotopic (exact) mass is 468 g/mol. The van der Waals surface area contributed by atoms with E-state index in [9.17, 15) is 4.79 Å². The largest absolute Gasteiger partial charge is 0.494 e. The Balaban J connectivity index is 1.30. The predicted molar refractivity (Wildman–Crippen MR) is 134 cm³/mol. The molecule has 0 spiro atoms. The normalized spacial score (nSPS) is 14.3. The van der Waals surface area contributed by atoms with E-state index in [0.717, 1.165) is 59.0 Å². The summed E-state index contributed by atoms with van der Waals surface area (Å²) in [5.74, 6) is 1.81. The second kappa shape index (κ2) is 11.8. The fourth-order valence-electron chi connectivity index (χ4n) is 4.17. The zero-order chi connectivity index (χ0) is 22.9. The average molecular weight is 469 g/mol. The average Bonchev–Trinajstić information content (AvgIpc) is 3.29. The number of nitrogens with zero attached hydrogens (tertiary/aromatic N) is 2. The maximum absolute atomic E-state index is 10.5. The molecule has 4 rings (SSSR count). The van der Waals surface area contributed by atoms with Gasteiger partial charge in [-0.25, -0.2) is 9.97 Å². The summed E-state index contributed by atoms with van der Waals surface area (Å²) in [5, 5.41) is 15.7. The molecular formula is C25H32N4O3S. The highest BCUT2D eigenvalue weighted by Gasteiger charge is 2.16. The van der Waals surface area contributed by atoms with E-state index in [1.807, 2.05) is 35.8 Å². The molecule has 0 radical (unpaired) electrons. The minimum atomic E-state index is -0.724. The summed E-state index contributed by atoms with van der Waals surface area (Å²) >= 11 is 1.63. The van der Waals surface area contributed by atoms with Crippen LogP contribution in [0.4, 0.5) is 17.3 Å². The molecule has 33 heavy (non-hydrogen) atoms. The van der Waals surface area contributed by atoms with Gasteiger partial charge in [0.15, 0.2) is 0 Å². The summed E-state index contributed by atoms with van der Waals surface area (Å²) in [7, 11) is 0. The van der Waals surface area contributed by atoms with Gasteiger partial charge < -0.3 is 20.5 Å². The van der Waals surface area contributed by atoms with Gasteiger partial charge in [0.25, 0.3) is 0 Å². The van der Waals surface area contributed by atoms with Crippen molar-refractivity contribution >= 4 is 44.8 Å². The van der Waals surface area contributed by atoms with Gasteiger partial charge >= 0.3 is 5.97 Å². The van der Waals surface area contributed by atoms with Crippen molar-refractivity contribution in [2.45, 2.75) is 70.3 Å². The molecule has 176 valence electrons. The van der Waals surface area contributed by atoms with Crippen LogP contribution < -0.4 is 15.4 Å². The molecular weight excluding hydrogens is 436 g/mol. The van der Waals surface area contributed by atoms with E-state index in [1.165, 1.54) is 32.1 Å². The topological polar surface area (TPSA) is 96.4 Å². The number of hydrogen-bond acceptors (Lipinski definition) is 7. The zero-order valence-electron chi connectivity index (χ0n) is 18.9. The summed E-state index contributed by atoms with van der Waals surface area (Å²) < 4.78 is 6.92. The van der Waals surface area contributed by atoms with Crippen LogP contribution in [0.5, 0.6) is 5.75 Å². The number of carboxylic acid groups (broad SMARTS) is 1. The van der Waals surface area contributed by atoms with E-state index in [2.05, 4.69) is 15.6 Å². The fourth-order valence-corrected chi connectivity index (χ4v) is 4.89. The molecule has 0 atom stereocenters. The molecule has 0 bridgehead atoms. The van der Waals surface area contributed by atoms with Crippen LogP contribution in [0.2, 0.25) is 0 Å². The van der Waals surface area contributed by atoms with Crippen LogP contribution in [-0.4, -0.2) is 33.7 Å². The second-order valence-corrected chi connectivity index (χ2v) is 9.45. The number of thiazole rings is 1. The van der Waals surface area contributed by atoms with Crippen molar-refractivity contribution in [2.24, 2.45) is 0 Å². The predicted octanol–water partition coefficient (Wildman–Crippen LogP) is 6.59. The van der Waals surface area contributed by atoms with E-state index in [1.54, 1.807) is 11.3 Å². The van der Waals surface area contributed by atoms with E-state index < -0.39 is 5.97 Å². The molecule has 1 fully saturated rings. The van der Waals surface area contributed by atoms with Gasteiger partial charge in [-0.15, -0.1) is 11.3 Å². The highest BCUT2D eigenvalue weighted by atomic mass is 32.1. The lowest BCUT2D eigenvalue weighted by Gasteiger charge is -2.23. The summed E-state index contributed by atoms with van der Waals surface area (Å²) in [4.78, 5) is 19.9. The summed E-state index contributed by atoms with van der Waals surface area (Å²) in [6, 6.07) is 10.4. The van der Waals surface area contributed by atoms with Gasteiger partial charge in [-0.1, -0.05) is 32.1 Å². The van der Waals surface area contributed by atoms with Gasteiger partial charge in [0.2, 0.25) is 0 Å².